The predicted molar refractivity (Wildman–Crippen MR) is 151 cm³/mol. The van der Waals surface area contributed by atoms with Gasteiger partial charge in [-0.15, -0.1) is 0 Å². The molecule has 2 saturated heterocycles. The van der Waals surface area contributed by atoms with Crippen molar-refractivity contribution in [3.63, 3.8) is 0 Å². The first-order chi connectivity index (χ1) is 18.2. The monoisotopic (exact) mass is 536 g/mol. The van der Waals surface area contributed by atoms with Crippen molar-refractivity contribution < 1.29 is 9.47 Å². The predicted octanol–water partition coefficient (Wildman–Crippen LogP) is 4.63. The maximum absolute atomic E-state index is 12.6. The lowest BCUT2D eigenvalue weighted by Gasteiger charge is -2.29. The van der Waals surface area contributed by atoms with Crippen molar-refractivity contribution in [1.82, 2.24) is 9.88 Å². The van der Waals surface area contributed by atoms with Crippen molar-refractivity contribution in [1.29, 1.82) is 0 Å². The van der Waals surface area contributed by atoms with Gasteiger partial charge in [-0.05, 0) is 43.3 Å². The van der Waals surface area contributed by atoms with E-state index in [4.69, 9.17) is 9.47 Å². The Morgan fingerprint density at radius 1 is 0.865 bits per heavy atom. The number of hydrogen-bond acceptors (Lipinski definition) is 8. The molecule has 1 aromatic heterocycles. The summed E-state index contributed by atoms with van der Waals surface area (Å²) < 4.78 is 10.9. The Labute approximate surface area is 225 Å². The first-order valence-corrected chi connectivity index (χ1v) is 14.6. The van der Waals surface area contributed by atoms with Crippen molar-refractivity contribution in [3.05, 3.63) is 58.9 Å². The molecule has 9 heteroatoms. The quantitative estimate of drug-likeness (QED) is 0.332. The van der Waals surface area contributed by atoms with Crippen LogP contribution in [-0.4, -0.2) is 75.6 Å². The molecule has 4 heterocycles. The van der Waals surface area contributed by atoms with E-state index < -0.39 is 0 Å². The van der Waals surface area contributed by atoms with E-state index in [2.05, 4.69) is 62.6 Å². The van der Waals surface area contributed by atoms with Crippen LogP contribution in [0.1, 0.15) is 6.42 Å². The Balaban J connectivity index is 1.17. The zero-order chi connectivity index (χ0) is 25.0. The molecule has 0 radical (unpaired) electrons. The van der Waals surface area contributed by atoms with E-state index in [1.165, 1.54) is 19.6 Å². The van der Waals surface area contributed by atoms with Gasteiger partial charge in [0, 0.05) is 75.3 Å². The van der Waals surface area contributed by atoms with Gasteiger partial charge in [-0.2, -0.15) is 0 Å². The molecule has 0 atom stereocenters. The molecule has 0 amide bonds. The summed E-state index contributed by atoms with van der Waals surface area (Å²) in [4.78, 5) is 25.3. The number of benzene rings is 2. The van der Waals surface area contributed by atoms with Gasteiger partial charge in [0.05, 0.1) is 32.1 Å². The normalized spacial score (nSPS) is 17.8. The van der Waals surface area contributed by atoms with Gasteiger partial charge in [-0.3, -0.25) is 9.69 Å². The number of aromatic nitrogens is 1. The summed E-state index contributed by atoms with van der Waals surface area (Å²) in [6, 6.07) is 16.8. The lowest BCUT2D eigenvalue weighted by atomic mass is 10.1. The van der Waals surface area contributed by atoms with Gasteiger partial charge in [0.25, 0.3) is 0 Å². The Morgan fingerprint density at radius 3 is 2.51 bits per heavy atom. The largest absolute Gasteiger partial charge is 0.385 e. The molecular weight excluding hydrogens is 504 g/mol. The van der Waals surface area contributed by atoms with E-state index in [1.54, 1.807) is 29.6 Å². The number of morpholine rings is 2. The highest BCUT2D eigenvalue weighted by molar-refractivity contribution is 8.05. The van der Waals surface area contributed by atoms with Gasteiger partial charge in [0.2, 0.25) is 5.56 Å². The molecule has 2 fully saturated rings. The Hall–Kier alpha value is -2.43. The van der Waals surface area contributed by atoms with Crippen molar-refractivity contribution in [2.75, 3.05) is 75.9 Å². The molecule has 0 spiro atoms. The number of nitrogens with zero attached hydrogens (tertiary/aromatic N) is 2. The van der Waals surface area contributed by atoms with Gasteiger partial charge < -0.3 is 24.7 Å². The number of ether oxygens (including phenoxy) is 2. The highest BCUT2D eigenvalue weighted by Gasteiger charge is 2.22. The Morgan fingerprint density at radius 2 is 1.68 bits per heavy atom. The van der Waals surface area contributed by atoms with Crippen LogP contribution in [-0.2, 0) is 9.47 Å². The number of nitrogens with one attached hydrogen (secondary N) is 2. The lowest BCUT2D eigenvalue weighted by Crippen LogP contribution is -2.37. The molecule has 3 aliphatic heterocycles. The summed E-state index contributed by atoms with van der Waals surface area (Å²) in [6.45, 7) is 8.84. The molecule has 37 heavy (non-hydrogen) atoms. The van der Waals surface area contributed by atoms with E-state index in [0.717, 1.165) is 81.5 Å². The second-order valence-electron chi connectivity index (χ2n) is 9.45. The van der Waals surface area contributed by atoms with Crippen LogP contribution < -0.4 is 15.8 Å². The van der Waals surface area contributed by atoms with Crippen molar-refractivity contribution in [2.45, 2.75) is 26.0 Å². The van der Waals surface area contributed by atoms with E-state index in [0.29, 0.717) is 13.2 Å². The van der Waals surface area contributed by atoms with Gasteiger partial charge >= 0.3 is 0 Å². The number of hydrogen-bond donors (Lipinski definition) is 2. The topological polar surface area (TPSA) is 69.8 Å². The minimum Gasteiger partial charge on any atom is -0.385 e. The third-order valence-electron chi connectivity index (χ3n) is 6.93. The number of pyridine rings is 1. The minimum absolute atomic E-state index is 0.0743. The molecular formula is C28H32N4O3S2. The van der Waals surface area contributed by atoms with Crippen LogP contribution >= 0.6 is 23.5 Å². The number of aromatic amines is 1. The third kappa shape index (κ3) is 5.86. The first kappa shape index (κ1) is 24.9. The molecule has 0 aliphatic carbocycles. The molecule has 0 bridgehead atoms. The molecule has 7 nitrogen and oxygen atoms in total. The van der Waals surface area contributed by atoms with Crippen LogP contribution in [0.3, 0.4) is 0 Å². The fourth-order valence-corrected chi connectivity index (χ4v) is 7.38. The lowest BCUT2D eigenvalue weighted by molar-refractivity contribution is 0.0378. The van der Waals surface area contributed by atoms with E-state index >= 15 is 0 Å². The van der Waals surface area contributed by atoms with E-state index in [9.17, 15) is 4.79 Å². The van der Waals surface area contributed by atoms with Crippen LogP contribution in [0, 0.1) is 0 Å². The fraction of sp³-hybridized carbons (Fsp3) is 0.393. The van der Waals surface area contributed by atoms with Crippen molar-refractivity contribution in [2.24, 2.45) is 0 Å². The average Bonchev–Trinajstić information content (AvgIpc) is 2.94. The smallest absolute Gasteiger partial charge is 0.250 e. The van der Waals surface area contributed by atoms with Gasteiger partial charge in [0.1, 0.15) is 0 Å². The van der Waals surface area contributed by atoms with Crippen LogP contribution in [0.2, 0.25) is 0 Å². The minimum atomic E-state index is -0.0743. The number of rotatable bonds is 7. The maximum atomic E-state index is 12.6. The number of anilines is 2. The van der Waals surface area contributed by atoms with Gasteiger partial charge in [-0.1, -0.05) is 35.7 Å². The fourth-order valence-electron chi connectivity index (χ4n) is 4.96. The third-order valence-corrected chi connectivity index (χ3v) is 9.53. The van der Waals surface area contributed by atoms with Crippen molar-refractivity contribution >= 4 is 34.9 Å². The molecule has 3 aromatic rings. The highest BCUT2D eigenvalue weighted by Crippen LogP contribution is 2.52. The molecule has 2 aromatic carbocycles. The maximum Gasteiger partial charge on any atom is 0.250 e. The molecule has 194 valence electrons. The average molecular weight is 537 g/mol. The number of fused-ring (bicyclic) bond motifs is 2. The highest BCUT2D eigenvalue weighted by atomic mass is 32.2. The summed E-state index contributed by atoms with van der Waals surface area (Å²) in [5.41, 5.74) is 3.97. The molecule has 0 unspecified atom stereocenters. The van der Waals surface area contributed by atoms with E-state index in [-0.39, 0.29) is 5.56 Å². The second kappa shape index (κ2) is 11.5. The summed E-state index contributed by atoms with van der Waals surface area (Å²) in [5, 5.41) is 3.61. The Bertz CT molecular complexity index is 1300. The summed E-state index contributed by atoms with van der Waals surface area (Å²) in [7, 11) is 0. The second-order valence-corrected chi connectivity index (χ2v) is 11.6. The standard InChI is InChI=1S/C28H32N4O3S2/c33-27-19-21(32-11-15-35-16-12-32)18-23(30-27)22-3-1-4-25-28(22)37-24-6-5-20(17-26(24)36-25)29-7-2-8-31-9-13-34-14-10-31/h1,3-6,17-19,29H,2,7-16H2,(H,30,33). The van der Waals surface area contributed by atoms with E-state index in [1.807, 2.05) is 0 Å². The molecule has 6 rings (SSSR count). The van der Waals surface area contributed by atoms with Crippen LogP contribution in [0.15, 0.2) is 72.9 Å². The number of H-pyrrole nitrogens is 1. The van der Waals surface area contributed by atoms with Crippen molar-refractivity contribution in [3.8, 4) is 11.3 Å². The zero-order valence-electron chi connectivity index (χ0n) is 20.8. The summed E-state index contributed by atoms with van der Waals surface area (Å²) in [5.74, 6) is 0. The molecule has 2 N–H and O–H groups in total. The van der Waals surface area contributed by atoms with Crippen LogP contribution in [0.5, 0.6) is 0 Å². The Kier molecular flexibility index (Phi) is 7.75. The van der Waals surface area contributed by atoms with Gasteiger partial charge in [0.15, 0.2) is 0 Å². The first-order valence-electron chi connectivity index (χ1n) is 13.0. The SMILES string of the molecule is O=c1cc(N2CCOCC2)cc(-c2cccc3c2Sc2ccc(NCCCN4CCOCC4)cc2S3)[nH]1. The van der Waals surface area contributed by atoms with Crippen LogP contribution in [0.4, 0.5) is 11.4 Å². The summed E-state index contributed by atoms with van der Waals surface area (Å²) in [6.07, 6.45) is 1.12. The molecule has 0 saturated carbocycles. The summed E-state index contributed by atoms with van der Waals surface area (Å²) >= 11 is 3.59. The zero-order valence-corrected chi connectivity index (χ0v) is 22.5. The van der Waals surface area contributed by atoms with Crippen LogP contribution in [0.25, 0.3) is 11.3 Å². The molecule has 3 aliphatic rings. The van der Waals surface area contributed by atoms with Gasteiger partial charge in [-0.25, -0.2) is 0 Å².